The quantitative estimate of drug-likeness (QED) is 0.747. The second-order valence-corrected chi connectivity index (χ2v) is 5.43. The number of ether oxygens (including phenoxy) is 2. The first-order valence-corrected chi connectivity index (χ1v) is 8.05. The molecular formula is C17H28N2O2. The van der Waals surface area contributed by atoms with Crippen LogP contribution in [-0.4, -0.2) is 44.8 Å². The summed E-state index contributed by atoms with van der Waals surface area (Å²) in [6.07, 6.45) is 2.20. The molecule has 0 saturated carbocycles. The minimum atomic E-state index is 0.376. The van der Waals surface area contributed by atoms with E-state index in [4.69, 9.17) is 9.47 Å². The molecule has 0 aliphatic carbocycles. The molecule has 2 rings (SSSR count). The Morgan fingerprint density at radius 3 is 2.86 bits per heavy atom. The van der Waals surface area contributed by atoms with Crippen LogP contribution in [0.3, 0.4) is 0 Å². The third kappa shape index (κ3) is 4.35. The fraction of sp³-hybridized carbons (Fsp3) is 0.647. The van der Waals surface area contributed by atoms with E-state index >= 15 is 0 Å². The Hall–Kier alpha value is -1.26. The summed E-state index contributed by atoms with van der Waals surface area (Å²) in [5, 5.41) is 3.67. The second-order valence-electron chi connectivity index (χ2n) is 5.43. The van der Waals surface area contributed by atoms with Crippen LogP contribution < -0.4 is 14.8 Å². The average Bonchev–Trinajstić information content (AvgIpc) is 2.54. The van der Waals surface area contributed by atoms with Gasteiger partial charge >= 0.3 is 0 Å². The highest BCUT2D eigenvalue weighted by Crippen LogP contribution is 2.34. The minimum Gasteiger partial charge on any atom is -0.497 e. The Morgan fingerprint density at radius 1 is 1.33 bits per heavy atom. The fourth-order valence-corrected chi connectivity index (χ4v) is 2.83. The van der Waals surface area contributed by atoms with Gasteiger partial charge in [0.05, 0.1) is 13.7 Å². The summed E-state index contributed by atoms with van der Waals surface area (Å²) in [7, 11) is 1.71. The molecule has 0 bridgehead atoms. The van der Waals surface area contributed by atoms with Crippen molar-refractivity contribution >= 4 is 0 Å². The van der Waals surface area contributed by atoms with Crippen molar-refractivity contribution in [2.24, 2.45) is 0 Å². The molecule has 0 amide bonds. The molecule has 1 aliphatic heterocycles. The monoisotopic (exact) mass is 292 g/mol. The molecule has 1 atom stereocenters. The number of rotatable bonds is 8. The lowest BCUT2D eigenvalue weighted by Gasteiger charge is -2.27. The third-order valence-corrected chi connectivity index (χ3v) is 4.19. The Labute approximate surface area is 128 Å². The van der Waals surface area contributed by atoms with Crippen molar-refractivity contribution in [1.29, 1.82) is 0 Å². The van der Waals surface area contributed by atoms with Crippen molar-refractivity contribution in [3.05, 3.63) is 23.8 Å². The molecule has 21 heavy (non-hydrogen) atoms. The molecule has 0 aromatic heterocycles. The van der Waals surface area contributed by atoms with Gasteiger partial charge in [-0.05, 0) is 50.8 Å². The third-order valence-electron chi connectivity index (χ3n) is 4.19. The topological polar surface area (TPSA) is 33.7 Å². The Kier molecular flexibility index (Phi) is 6.33. The molecule has 1 N–H and O–H groups in total. The highest BCUT2D eigenvalue weighted by atomic mass is 16.5. The molecule has 1 aromatic carbocycles. The summed E-state index contributed by atoms with van der Waals surface area (Å²) in [4.78, 5) is 2.46. The smallest absolute Gasteiger partial charge is 0.124 e. The molecule has 0 fully saturated rings. The summed E-state index contributed by atoms with van der Waals surface area (Å²) in [6.45, 7) is 9.69. The van der Waals surface area contributed by atoms with Crippen molar-refractivity contribution < 1.29 is 9.47 Å². The van der Waals surface area contributed by atoms with Gasteiger partial charge in [0.1, 0.15) is 11.5 Å². The lowest BCUT2D eigenvalue weighted by Crippen LogP contribution is -2.31. The van der Waals surface area contributed by atoms with E-state index in [9.17, 15) is 0 Å². The summed E-state index contributed by atoms with van der Waals surface area (Å²) in [6, 6.07) is 6.44. The van der Waals surface area contributed by atoms with E-state index < -0.39 is 0 Å². The fourth-order valence-electron chi connectivity index (χ4n) is 2.83. The normalized spacial score (nSPS) is 17.4. The maximum atomic E-state index is 5.73. The molecule has 0 radical (unpaired) electrons. The van der Waals surface area contributed by atoms with Crippen LogP contribution in [0.5, 0.6) is 11.5 Å². The van der Waals surface area contributed by atoms with E-state index in [1.807, 2.05) is 12.1 Å². The maximum absolute atomic E-state index is 5.73. The van der Waals surface area contributed by atoms with Crippen molar-refractivity contribution in [3.63, 3.8) is 0 Å². The molecule has 1 unspecified atom stereocenters. The first-order valence-electron chi connectivity index (χ1n) is 8.05. The predicted octanol–water partition coefficient (Wildman–Crippen LogP) is 2.84. The van der Waals surface area contributed by atoms with Crippen molar-refractivity contribution in [3.8, 4) is 11.5 Å². The lowest BCUT2D eigenvalue weighted by atomic mass is 10.00. The van der Waals surface area contributed by atoms with Crippen LogP contribution in [-0.2, 0) is 0 Å². The SMILES string of the molecule is CCN(CC)CCCNC1CCOc2ccc(OC)cc21. The van der Waals surface area contributed by atoms with Gasteiger partial charge in [0.2, 0.25) is 0 Å². The van der Waals surface area contributed by atoms with E-state index in [2.05, 4.69) is 30.1 Å². The number of nitrogens with zero attached hydrogens (tertiary/aromatic N) is 1. The number of methoxy groups -OCH3 is 1. The van der Waals surface area contributed by atoms with Gasteiger partial charge in [-0.1, -0.05) is 13.8 Å². The predicted molar refractivity (Wildman–Crippen MR) is 86.3 cm³/mol. The number of hydrogen-bond donors (Lipinski definition) is 1. The average molecular weight is 292 g/mol. The molecule has 1 heterocycles. The van der Waals surface area contributed by atoms with Crippen molar-refractivity contribution in [1.82, 2.24) is 10.2 Å². The molecule has 1 aliphatic rings. The first-order chi connectivity index (χ1) is 10.3. The zero-order valence-corrected chi connectivity index (χ0v) is 13.5. The van der Waals surface area contributed by atoms with Gasteiger partial charge in [-0.25, -0.2) is 0 Å². The number of hydrogen-bond acceptors (Lipinski definition) is 4. The van der Waals surface area contributed by atoms with Crippen molar-refractivity contribution in [2.45, 2.75) is 32.7 Å². The molecule has 118 valence electrons. The van der Waals surface area contributed by atoms with Crippen LogP contribution in [0.1, 0.15) is 38.3 Å². The zero-order valence-electron chi connectivity index (χ0n) is 13.5. The van der Waals surface area contributed by atoms with E-state index in [-0.39, 0.29) is 0 Å². The van der Waals surface area contributed by atoms with Crippen LogP contribution in [0.4, 0.5) is 0 Å². The van der Waals surface area contributed by atoms with E-state index in [1.165, 1.54) is 12.0 Å². The highest BCUT2D eigenvalue weighted by molar-refractivity contribution is 5.43. The van der Waals surface area contributed by atoms with E-state index in [1.54, 1.807) is 7.11 Å². The Morgan fingerprint density at radius 2 is 2.14 bits per heavy atom. The molecule has 4 nitrogen and oxygen atoms in total. The van der Waals surface area contributed by atoms with Gasteiger partial charge in [-0.2, -0.15) is 0 Å². The minimum absolute atomic E-state index is 0.376. The van der Waals surface area contributed by atoms with Crippen LogP contribution in [0.2, 0.25) is 0 Å². The second kappa shape index (κ2) is 8.25. The van der Waals surface area contributed by atoms with Gasteiger partial charge in [0.25, 0.3) is 0 Å². The number of nitrogens with one attached hydrogen (secondary N) is 1. The summed E-state index contributed by atoms with van der Waals surface area (Å²) >= 11 is 0. The number of fused-ring (bicyclic) bond motifs is 1. The Balaban J connectivity index is 1.88. The Bertz CT molecular complexity index is 433. The van der Waals surface area contributed by atoms with Gasteiger partial charge < -0.3 is 19.7 Å². The highest BCUT2D eigenvalue weighted by Gasteiger charge is 2.21. The van der Waals surface area contributed by atoms with Crippen LogP contribution >= 0.6 is 0 Å². The summed E-state index contributed by atoms with van der Waals surface area (Å²) in [5.41, 5.74) is 1.23. The number of benzene rings is 1. The largest absolute Gasteiger partial charge is 0.497 e. The van der Waals surface area contributed by atoms with Gasteiger partial charge in [-0.3, -0.25) is 0 Å². The summed E-state index contributed by atoms with van der Waals surface area (Å²) in [5.74, 6) is 1.89. The molecule has 1 aromatic rings. The van der Waals surface area contributed by atoms with E-state index in [0.717, 1.165) is 50.7 Å². The standard InChI is InChI=1S/C17H28N2O2/c1-4-19(5-2)11-6-10-18-16-9-12-21-17-8-7-14(20-3)13-15(16)17/h7-8,13,16,18H,4-6,9-12H2,1-3H3. The van der Waals surface area contributed by atoms with Crippen LogP contribution in [0.15, 0.2) is 18.2 Å². The molecule has 0 spiro atoms. The zero-order chi connectivity index (χ0) is 15.1. The molecular weight excluding hydrogens is 264 g/mol. The first kappa shape index (κ1) is 16.1. The van der Waals surface area contributed by atoms with Crippen LogP contribution in [0.25, 0.3) is 0 Å². The van der Waals surface area contributed by atoms with Gasteiger partial charge in [-0.15, -0.1) is 0 Å². The van der Waals surface area contributed by atoms with Gasteiger partial charge in [0.15, 0.2) is 0 Å². The summed E-state index contributed by atoms with van der Waals surface area (Å²) < 4.78 is 11.1. The van der Waals surface area contributed by atoms with Gasteiger partial charge in [0, 0.05) is 18.0 Å². The maximum Gasteiger partial charge on any atom is 0.124 e. The molecule has 4 heteroatoms. The van der Waals surface area contributed by atoms with Crippen LogP contribution in [0, 0.1) is 0 Å². The van der Waals surface area contributed by atoms with E-state index in [0.29, 0.717) is 6.04 Å². The lowest BCUT2D eigenvalue weighted by molar-refractivity contribution is 0.247. The molecule has 0 saturated heterocycles. The van der Waals surface area contributed by atoms with Crippen molar-refractivity contribution in [2.75, 3.05) is 39.9 Å².